The Morgan fingerprint density at radius 1 is 1.43 bits per heavy atom. The molecule has 1 aromatic heterocycles. The van der Waals surface area contributed by atoms with Gasteiger partial charge in [0.15, 0.2) is 0 Å². The van der Waals surface area contributed by atoms with Gasteiger partial charge in [-0.15, -0.1) is 0 Å². The third-order valence-corrected chi connectivity index (χ3v) is 4.35. The lowest BCUT2D eigenvalue weighted by Gasteiger charge is -2.07. The number of esters is 1. The van der Waals surface area contributed by atoms with Crippen LogP contribution < -0.4 is 11.1 Å². The van der Waals surface area contributed by atoms with Gasteiger partial charge >= 0.3 is 5.97 Å². The van der Waals surface area contributed by atoms with Crippen LogP contribution in [0.5, 0.6) is 0 Å². The van der Waals surface area contributed by atoms with Crippen LogP contribution in [-0.4, -0.2) is 24.2 Å². The Balaban J connectivity index is 2.27. The molecule has 0 saturated heterocycles. The molecule has 0 amide bonds. The number of H-pyrrole nitrogens is 1. The van der Waals surface area contributed by atoms with E-state index in [2.05, 4.69) is 26.2 Å². The second-order valence-electron chi connectivity index (χ2n) is 4.96. The molecule has 3 aromatic rings. The lowest BCUT2D eigenvalue weighted by atomic mass is 10.1. The lowest BCUT2D eigenvalue weighted by molar-refractivity contribution is 0.0526. The van der Waals surface area contributed by atoms with Crippen molar-refractivity contribution in [3.63, 3.8) is 0 Å². The minimum absolute atomic E-state index is 0.180. The van der Waals surface area contributed by atoms with E-state index in [1.54, 1.807) is 25.1 Å². The van der Waals surface area contributed by atoms with Crippen LogP contribution in [0.1, 0.15) is 17.3 Å². The fraction of sp³-hybridized carbons (Fsp3) is 0.188. The van der Waals surface area contributed by atoms with Gasteiger partial charge in [0.1, 0.15) is 5.82 Å². The number of nitrogens with one attached hydrogen (secondary N) is 2. The summed E-state index contributed by atoms with van der Waals surface area (Å²) in [6.45, 7) is 2.24. The van der Waals surface area contributed by atoms with E-state index >= 15 is 0 Å². The number of carbonyl (C=O) groups excluding carboxylic acids is 1. The fourth-order valence-electron chi connectivity index (χ4n) is 2.60. The van der Waals surface area contributed by atoms with Crippen molar-refractivity contribution < 1.29 is 13.9 Å². The maximum atomic E-state index is 14.1. The number of nitrogens with two attached hydrogens (primary N) is 1. The van der Waals surface area contributed by atoms with E-state index in [4.69, 9.17) is 10.5 Å². The molecule has 4 N–H and O–H groups in total. The summed E-state index contributed by atoms with van der Waals surface area (Å²) < 4.78 is 19.5. The number of ether oxygens (including phenoxy) is 1. The lowest BCUT2D eigenvalue weighted by Crippen LogP contribution is -2.11. The summed E-state index contributed by atoms with van der Waals surface area (Å²) in [6, 6.07) is 6.52. The number of halogens is 2. The van der Waals surface area contributed by atoms with Crippen molar-refractivity contribution in [1.29, 1.82) is 0 Å². The molecule has 0 spiro atoms. The van der Waals surface area contributed by atoms with Gasteiger partial charge in [-0.1, -0.05) is 6.07 Å². The van der Waals surface area contributed by atoms with E-state index in [1.165, 1.54) is 6.07 Å². The molecule has 0 aliphatic rings. The molecule has 0 unspecified atom stereocenters. The van der Waals surface area contributed by atoms with E-state index in [0.717, 1.165) is 16.4 Å². The number of fused-ring (bicyclic) bond motifs is 3. The highest BCUT2D eigenvalue weighted by molar-refractivity contribution is 9.10. The van der Waals surface area contributed by atoms with Crippen molar-refractivity contribution in [1.82, 2.24) is 4.98 Å². The molecule has 23 heavy (non-hydrogen) atoms. The van der Waals surface area contributed by atoms with Crippen molar-refractivity contribution in [2.75, 3.05) is 18.6 Å². The van der Waals surface area contributed by atoms with Crippen LogP contribution >= 0.6 is 15.9 Å². The van der Waals surface area contributed by atoms with Gasteiger partial charge in [0.05, 0.1) is 34.5 Å². The highest BCUT2D eigenvalue weighted by Gasteiger charge is 2.17. The maximum absolute atomic E-state index is 14.1. The zero-order valence-electron chi connectivity index (χ0n) is 12.4. The Hall–Kier alpha value is -2.12. The molecule has 0 aliphatic heterocycles. The third kappa shape index (κ3) is 2.66. The maximum Gasteiger partial charge on any atom is 0.338 e. The normalized spacial score (nSPS) is 11.1. The number of anilines is 1. The molecule has 0 aliphatic carbocycles. The summed E-state index contributed by atoms with van der Waals surface area (Å²) in [4.78, 5) is 15.1. The van der Waals surface area contributed by atoms with Gasteiger partial charge in [-0.25, -0.2) is 9.18 Å². The van der Waals surface area contributed by atoms with Crippen molar-refractivity contribution in [3.05, 3.63) is 40.1 Å². The standard InChI is InChI=1S/C16H15BrFN3O2/c1-2-23-16(22)8-3-4-9-11(5-8)21-15-12(20-7-19)6-10(18)14(17)13(9)15/h3-6,20-21H,2,7,19H2,1H3. The van der Waals surface area contributed by atoms with Crippen LogP contribution in [0.15, 0.2) is 28.7 Å². The molecule has 2 aromatic carbocycles. The van der Waals surface area contributed by atoms with Gasteiger partial charge in [-0.3, -0.25) is 0 Å². The Bertz CT molecular complexity index is 907. The molecule has 0 radical (unpaired) electrons. The van der Waals surface area contributed by atoms with Gasteiger partial charge < -0.3 is 20.8 Å². The molecule has 7 heteroatoms. The summed E-state index contributed by atoms with van der Waals surface area (Å²) in [6.07, 6.45) is 0. The average molecular weight is 380 g/mol. The zero-order chi connectivity index (χ0) is 16.6. The van der Waals surface area contributed by atoms with Gasteiger partial charge in [0, 0.05) is 22.4 Å². The summed E-state index contributed by atoms with van der Waals surface area (Å²) in [5, 5.41) is 4.44. The molecule has 0 bridgehead atoms. The fourth-order valence-corrected chi connectivity index (χ4v) is 3.13. The van der Waals surface area contributed by atoms with Gasteiger partial charge in [0.2, 0.25) is 0 Å². The van der Waals surface area contributed by atoms with Gasteiger partial charge in [0.25, 0.3) is 0 Å². The van der Waals surface area contributed by atoms with Crippen molar-refractivity contribution in [2.45, 2.75) is 6.92 Å². The van der Waals surface area contributed by atoms with E-state index < -0.39 is 5.97 Å². The van der Waals surface area contributed by atoms with E-state index in [0.29, 0.717) is 27.7 Å². The van der Waals surface area contributed by atoms with Crippen LogP contribution in [0.25, 0.3) is 21.8 Å². The van der Waals surface area contributed by atoms with Crippen LogP contribution in [-0.2, 0) is 4.74 Å². The molecule has 0 saturated carbocycles. The number of hydrogen-bond acceptors (Lipinski definition) is 4. The Morgan fingerprint density at radius 2 is 2.22 bits per heavy atom. The Labute approximate surface area is 140 Å². The number of hydrogen-bond donors (Lipinski definition) is 3. The van der Waals surface area contributed by atoms with Crippen LogP contribution in [0.4, 0.5) is 10.1 Å². The zero-order valence-corrected chi connectivity index (χ0v) is 14.0. The molecule has 5 nitrogen and oxygen atoms in total. The summed E-state index contributed by atoms with van der Waals surface area (Å²) >= 11 is 3.29. The van der Waals surface area contributed by atoms with Gasteiger partial charge in [-0.05, 0) is 35.0 Å². The topological polar surface area (TPSA) is 80.1 Å². The minimum atomic E-state index is -0.390. The SMILES string of the molecule is CCOC(=O)c1ccc2c(c1)[nH]c1c(NCN)cc(F)c(Br)c12. The highest BCUT2D eigenvalue weighted by Crippen LogP contribution is 2.38. The first-order valence-electron chi connectivity index (χ1n) is 7.11. The predicted molar refractivity (Wildman–Crippen MR) is 92.1 cm³/mol. The minimum Gasteiger partial charge on any atom is -0.462 e. The van der Waals surface area contributed by atoms with E-state index in [-0.39, 0.29) is 12.5 Å². The molecular formula is C16H15BrFN3O2. The second kappa shape index (κ2) is 6.17. The van der Waals surface area contributed by atoms with E-state index in [1.807, 2.05) is 0 Å². The first-order valence-corrected chi connectivity index (χ1v) is 7.90. The molecule has 1 heterocycles. The van der Waals surface area contributed by atoms with Crippen LogP contribution in [0, 0.1) is 5.82 Å². The molecule has 120 valence electrons. The number of rotatable bonds is 4. The number of carbonyl (C=O) groups is 1. The Morgan fingerprint density at radius 3 is 2.91 bits per heavy atom. The number of benzene rings is 2. The first-order chi connectivity index (χ1) is 11.1. The summed E-state index contributed by atoms with van der Waals surface area (Å²) in [7, 11) is 0. The second-order valence-corrected chi connectivity index (χ2v) is 5.75. The predicted octanol–water partition coefficient (Wildman–Crippen LogP) is 3.73. The number of aromatic amines is 1. The van der Waals surface area contributed by atoms with Crippen molar-refractivity contribution in [2.24, 2.45) is 5.73 Å². The number of aromatic nitrogens is 1. The third-order valence-electron chi connectivity index (χ3n) is 3.57. The van der Waals surface area contributed by atoms with Gasteiger partial charge in [-0.2, -0.15) is 0 Å². The summed E-state index contributed by atoms with van der Waals surface area (Å²) in [5.74, 6) is -0.776. The highest BCUT2D eigenvalue weighted by atomic mass is 79.9. The van der Waals surface area contributed by atoms with Crippen LogP contribution in [0.3, 0.4) is 0 Å². The first kappa shape index (κ1) is 15.8. The van der Waals surface area contributed by atoms with E-state index in [9.17, 15) is 9.18 Å². The van der Waals surface area contributed by atoms with Crippen molar-refractivity contribution >= 4 is 49.4 Å². The molecular weight excluding hydrogens is 365 g/mol. The average Bonchev–Trinajstić information content (AvgIpc) is 2.91. The monoisotopic (exact) mass is 379 g/mol. The quantitative estimate of drug-likeness (QED) is 0.476. The summed E-state index contributed by atoms with van der Waals surface area (Å²) in [5.41, 5.74) is 7.96. The Kier molecular flexibility index (Phi) is 4.23. The smallest absolute Gasteiger partial charge is 0.338 e. The molecule has 3 rings (SSSR count). The van der Waals surface area contributed by atoms with Crippen LogP contribution in [0.2, 0.25) is 0 Å². The van der Waals surface area contributed by atoms with Crippen molar-refractivity contribution in [3.8, 4) is 0 Å². The molecule has 0 atom stereocenters. The molecule has 0 fully saturated rings. The largest absolute Gasteiger partial charge is 0.462 e.